The molecule has 31 heavy (non-hydrogen) atoms. The zero-order chi connectivity index (χ0) is 21.2. The third kappa shape index (κ3) is 3.64. The molecule has 0 N–H and O–H groups in total. The van der Waals surface area contributed by atoms with Crippen LogP contribution < -0.4 is 5.43 Å². The molecule has 0 radical (unpaired) electrons. The monoisotopic (exact) mass is 412 g/mol. The summed E-state index contributed by atoms with van der Waals surface area (Å²) in [5.74, 6) is 1.27. The summed E-state index contributed by atoms with van der Waals surface area (Å²) in [6.07, 6.45) is 3.18. The molecule has 0 saturated heterocycles. The molecule has 0 unspecified atom stereocenters. The van der Waals surface area contributed by atoms with Gasteiger partial charge in [-0.15, -0.1) is 0 Å². The Hall–Kier alpha value is -4.06. The first-order chi connectivity index (χ1) is 15.2. The van der Waals surface area contributed by atoms with Gasteiger partial charge >= 0.3 is 0 Å². The van der Waals surface area contributed by atoms with Crippen molar-refractivity contribution in [2.24, 2.45) is 0 Å². The van der Waals surface area contributed by atoms with Crippen molar-refractivity contribution in [1.29, 1.82) is 0 Å². The number of fused-ring (bicyclic) bond motifs is 2. The molecule has 1 amide bonds. The van der Waals surface area contributed by atoms with Crippen molar-refractivity contribution < 1.29 is 13.6 Å². The van der Waals surface area contributed by atoms with E-state index < -0.39 is 0 Å². The Morgan fingerprint density at radius 1 is 0.742 bits per heavy atom. The lowest BCUT2D eigenvalue weighted by Crippen LogP contribution is -2.33. The molecule has 0 bridgehead atoms. The van der Waals surface area contributed by atoms with Crippen LogP contribution in [0.3, 0.4) is 0 Å². The van der Waals surface area contributed by atoms with E-state index in [1.165, 1.54) is 0 Å². The number of furan rings is 2. The first-order valence-corrected chi connectivity index (χ1v) is 10.0. The van der Waals surface area contributed by atoms with Gasteiger partial charge in [-0.1, -0.05) is 24.3 Å². The second kappa shape index (κ2) is 7.99. The molecule has 2 aromatic carbocycles. The number of aromatic nitrogens is 1. The van der Waals surface area contributed by atoms with Gasteiger partial charge in [0, 0.05) is 10.8 Å². The topological polar surface area (TPSA) is 68.6 Å². The Bertz CT molecular complexity index is 1300. The van der Waals surface area contributed by atoms with E-state index in [1.807, 2.05) is 53.1 Å². The lowest BCUT2D eigenvalue weighted by molar-refractivity contribution is -0.133. The molecule has 0 aliphatic carbocycles. The minimum atomic E-state index is -0.105. The molecule has 0 saturated carbocycles. The maximum Gasteiger partial charge on any atom is 0.243 e. The van der Waals surface area contributed by atoms with Crippen molar-refractivity contribution in [3.05, 3.63) is 107 Å². The summed E-state index contributed by atoms with van der Waals surface area (Å²) < 4.78 is 12.8. The van der Waals surface area contributed by atoms with Gasteiger partial charge in [0.15, 0.2) is 5.43 Å². The Labute approximate surface area is 177 Å². The van der Waals surface area contributed by atoms with Crippen LogP contribution in [0.25, 0.3) is 21.8 Å². The molecule has 0 aliphatic rings. The summed E-state index contributed by atoms with van der Waals surface area (Å²) in [4.78, 5) is 28.1. The lowest BCUT2D eigenvalue weighted by Gasteiger charge is -2.23. The quantitative estimate of drug-likeness (QED) is 0.383. The number of para-hydroxylation sites is 2. The molecule has 5 rings (SSSR count). The number of hydrogen-bond acceptors (Lipinski definition) is 4. The molecule has 154 valence electrons. The van der Waals surface area contributed by atoms with Crippen molar-refractivity contribution in [2.45, 2.75) is 19.6 Å². The van der Waals surface area contributed by atoms with E-state index in [-0.39, 0.29) is 17.9 Å². The highest BCUT2D eigenvalue weighted by molar-refractivity contribution is 5.94. The van der Waals surface area contributed by atoms with Crippen molar-refractivity contribution in [3.8, 4) is 0 Å². The number of pyridine rings is 1. The van der Waals surface area contributed by atoms with Crippen LogP contribution in [-0.2, 0) is 24.4 Å². The molecule has 0 spiro atoms. The largest absolute Gasteiger partial charge is 0.467 e. The van der Waals surface area contributed by atoms with Crippen LogP contribution in [0.15, 0.2) is 99.0 Å². The Morgan fingerprint density at radius 3 is 1.74 bits per heavy atom. The average molecular weight is 412 g/mol. The molecule has 3 heterocycles. The Morgan fingerprint density at radius 2 is 1.26 bits per heavy atom. The predicted molar refractivity (Wildman–Crippen MR) is 117 cm³/mol. The molecular weight excluding hydrogens is 392 g/mol. The summed E-state index contributed by atoms with van der Waals surface area (Å²) in [5, 5.41) is 1.19. The fourth-order valence-corrected chi connectivity index (χ4v) is 3.90. The average Bonchev–Trinajstić information content (AvgIpc) is 3.50. The Balaban J connectivity index is 1.57. The number of nitrogens with zero attached hydrogens (tertiary/aromatic N) is 2. The van der Waals surface area contributed by atoms with Crippen molar-refractivity contribution in [2.75, 3.05) is 0 Å². The van der Waals surface area contributed by atoms with Crippen molar-refractivity contribution in [1.82, 2.24) is 9.47 Å². The van der Waals surface area contributed by atoms with E-state index in [9.17, 15) is 9.59 Å². The number of carbonyl (C=O) groups is 1. The van der Waals surface area contributed by atoms with Crippen molar-refractivity contribution >= 4 is 27.7 Å². The minimum Gasteiger partial charge on any atom is -0.467 e. The molecule has 0 atom stereocenters. The standard InChI is InChI=1S/C25H20N2O4/c28-24(26(15-18-7-5-13-30-18)16-19-8-6-14-31-19)17-27-22-11-3-1-9-20(22)25(29)21-10-2-4-12-23(21)27/h1-14H,15-17H2. The summed E-state index contributed by atoms with van der Waals surface area (Å²) in [6.45, 7) is 0.730. The highest BCUT2D eigenvalue weighted by Gasteiger charge is 2.20. The van der Waals surface area contributed by atoms with E-state index in [1.54, 1.807) is 41.7 Å². The van der Waals surface area contributed by atoms with E-state index >= 15 is 0 Å². The smallest absolute Gasteiger partial charge is 0.243 e. The lowest BCUT2D eigenvalue weighted by atomic mass is 10.1. The van der Waals surface area contributed by atoms with Gasteiger partial charge in [0.25, 0.3) is 0 Å². The summed E-state index contributed by atoms with van der Waals surface area (Å²) in [7, 11) is 0. The number of benzene rings is 2. The number of rotatable bonds is 6. The van der Waals surface area contributed by atoms with Gasteiger partial charge in [-0.3, -0.25) is 9.59 Å². The van der Waals surface area contributed by atoms with Crippen LogP contribution in [0.2, 0.25) is 0 Å². The zero-order valence-electron chi connectivity index (χ0n) is 16.7. The third-order valence-corrected chi connectivity index (χ3v) is 5.38. The van der Waals surface area contributed by atoms with Gasteiger partial charge in [-0.05, 0) is 48.5 Å². The van der Waals surface area contributed by atoms with Crippen LogP contribution in [-0.4, -0.2) is 15.4 Å². The maximum absolute atomic E-state index is 13.5. The first kappa shape index (κ1) is 18.9. The highest BCUT2D eigenvalue weighted by atomic mass is 16.3. The van der Waals surface area contributed by atoms with Crippen molar-refractivity contribution in [3.63, 3.8) is 0 Å². The molecule has 0 aliphatic heterocycles. The van der Waals surface area contributed by atoms with E-state index in [2.05, 4.69) is 0 Å². The van der Waals surface area contributed by atoms with Crippen LogP contribution in [0.5, 0.6) is 0 Å². The first-order valence-electron chi connectivity index (χ1n) is 10.0. The second-order valence-corrected chi connectivity index (χ2v) is 7.36. The SMILES string of the molecule is O=C(Cn1c2ccccc2c(=O)c2ccccc21)N(Cc1ccco1)Cc1ccco1. The van der Waals surface area contributed by atoms with E-state index in [0.29, 0.717) is 35.4 Å². The van der Waals surface area contributed by atoms with Crippen LogP contribution >= 0.6 is 0 Å². The summed E-state index contributed by atoms with van der Waals surface area (Å²) >= 11 is 0. The van der Waals surface area contributed by atoms with Crippen LogP contribution in [0.1, 0.15) is 11.5 Å². The third-order valence-electron chi connectivity index (χ3n) is 5.38. The van der Waals surface area contributed by atoms with Crippen LogP contribution in [0.4, 0.5) is 0 Å². The maximum atomic E-state index is 13.5. The fraction of sp³-hybridized carbons (Fsp3) is 0.120. The Kier molecular flexibility index (Phi) is 4.88. The highest BCUT2D eigenvalue weighted by Crippen LogP contribution is 2.20. The molecule has 5 aromatic rings. The van der Waals surface area contributed by atoms with E-state index in [0.717, 1.165) is 11.0 Å². The number of carbonyl (C=O) groups excluding carboxylic acids is 1. The molecule has 3 aromatic heterocycles. The molecule has 6 heteroatoms. The fourth-order valence-electron chi connectivity index (χ4n) is 3.90. The predicted octanol–water partition coefficient (Wildman–Crippen LogP) is 4.57. The number of amides is 1. The second-order valence-electron chi connectivity index (χ2n) is 7.36. The van der Waals surface area contributed by atoms with E-state index in [4.69, 9.17) is 8.83 Å². The zero-order valence-corrected chi connectivity index (χ0v) is 16.7. The van der Waals surface area contributed by atoms with Gasteiger partial charge in [0.05, 0.1) is 36.6 Å². The van der Waals surface area contributed by atoms with Gasteiger partial charge in [-0.2, -0.15) is 0 Å². The number of hydrogen-bond donors (Lipinski definition) is 0. The molecule has 6 nitrogen and oxygen atoms in total. The molecular formula is C25H20N2O4. The van der Waals surface area contributed by atoms with Gasteiger partial charge in [0.2, 0.25) is 5.91 Å². The normalized spacial score (nSPS) is 11.2. The summed E-state index contributed by atoms with van der Waals surface area (Å²) in [6, 6.07) is 22.1. The van der Waals surface area contributed by atoms with Gasteiger partial charge < -0.3 is 18.3 Å². The molecule has 0 fully saturated rings. The van der Waals surface area contributed by atoms with Crippen LogP contribution in [0, 0.1) is 0 Å². The van der Waals surface area contributed by atoms with Gasteiger partial charge in [-0.25, -0.2) is 0 Å². The minimum absolute atomic E-state index is 0.0297. The van der Waals surface area contributed by atoms with Gasteiger partial charge in [0.1, 0.15) is 18.1 Å². The summed E-state index contributed by atoms with van der Waals surface area (Å²) in [5.41, 5.74) is 1.43.